The Morgan fingerprint density at radius 2 is 1.80 bits per heavy atom. The standard InChI is InChI=1S/C21H31N3O6/c1-5-6-14-29-21(28)24(20(22)23(4)18(15(2)3)19(26)27)30-17(25)13-12-16-10-8-7-9-11-16/h7-11,15,18,22H,5-6,12-14H2,1-4H3,(H,26,27). The van der Waals surface area contributed by atoms with Crippen LogP contribution in [0.5, 0.6) is 0 Å². The molecule has 0 aliphatic carbocycles. The summed E-state index contributed by atoms with van der Waals surface area (Å²) in [6.45, 7) is 5.37. The predicted octanol–water partition coefficient (Wildman–Crippen LogP) is 3.29. The summed E-state index contributed by atoms with van der Waals surface area (Å²) in [6.07, 6.45) is 0.725. The zero-order chi connectivity index (χ0) is 22.7. The average molecular weight is 421 g/mol. The maximum absolute atomic E-state index is 12.4. The van der Waals surface area contributed by atoms with Crippen molar-refractivity contribution in [1.29, 1.82) is 5.41 Å². The second-order valence-corrected chi connectivity index (χ2v) is 7.17. The van der Waals surface area contributed by atoms with Crippen LogP contribution in [0, 0.1) is 11.3 Å². The minimum Gasteiger partial charge on any atom is -0.480 e. The second kappa shape index (κ2) is 12.5. The van der Waals surface area contributed by atoms with Crippen LogP contribution in [-0.4, -0.2) is 58.8 Å². The lowest BCUT2D eigenvalue weighted by Gasteiger charge is -2.32. The molecule has 1 unspecified atom stereocenters. The minimum absolute atomic E-state index is 0.0215. The number of aryl methyl sites for hydroxylation is 1. The monoisotopic (exact) mass is 421 g/mol. The first-order chi connectivity index (χ1) is 14.2. The Balaban J connectivity index is 2.91. The first-order valence-corrected chi connectivity index (χ1v) is 9.94. The van der Waals surface area contributed by atoms with Gasteiger partial charge in [0.25, 0.3) is 0 Å². The zero-order valence-electron chi connectivity index (χ0n) is 18.0. The van der Waals surface area contributed by atoms with Gasteiger partial charge in [0.1, 0.15) is 6.04 Å². The van der Waals surface area contributed by atoms with E-state index in [0.717, 1.165) is 16.9 Å². The highest BCUT2D eigenvalue weighted by Crippen LogP contribution is 2.14. The first kappa shape index (κ1) is 24.9. The van der Waals surface area contributed by atoms with E-state index in [1.54, 1.807) is 13.8 Å². The normalized spacial score (nSPS) is 11.5. The molecule has 1 atom stereocenters. The summed E-state index contributed by atoms with van der Waals surface area (Å²) in [5.74, 6) is -2.85. The number of ether oxygens (including phenoxy) is 1. The molecule has 1 amide bonds. The van der Waals surface area contributed by atoms with Gasteiger partial charge >= 0.3 is 18.0 Å². The summed E-state index contributed by atoms with van der Waals surface area (Å²) in [7, 11) is 1.35. The Kier molecular flexibility index (Phi) is 10.4. The number of unbranched alkanes of at least 4 members (excludes halogenated alkanes) is 1. The number of nitrogens with one attached hydrogen (secondary N) is 1. The fourth-order valence-electron chi connectivity index (χ4n) is 2.74. The van der Waals surface area contributed by atoms with Gasteiger partial charge in [0.15, 0.2) is 0 Å². The number of hydrogen-bond donors (Lipinski definition) is 2. The van der Waals surface area contributed by atoms with Gasteiger partial charge in [-0.2, -0.15) is 0 Å². The molecule has 0 aromatic heterocycles. The van der Waals surface area contributed by atoms with Crippen molar-refractivity contribution in [3.05, 3.63) is 35.9 Å². The number of carbonyl (C=O) groups is 3. The van der Waals surface area contributed by atoms with Crippen molar-refractivity contribution in [2.24, 2.45) is 5.92 Å². The lowest BCUT2D eigenvalue weighted by atomic mass is 10.0. The quantitative estimate of drug-likeness (QED) is 0.272. The Bertz CT molecular complexity index is 723. The van der Waals surface area contributed by atoms with Crippen molar-refractivity contribution < 1.29 is 29.1 Å². The molecule has 30 heavy (non-hydrogen) atoms. The summed E-state index contributed by atoms with van der Waals surface area (Å²) < 4.78 is 5.08. The van der Waals surface area contributed by atoms with Gasteiger partial charge in [0.2, 0.25) is 5.96 Å². The van der Waals surface area contributed by atoms with Gasteiger partial charge < -0.3 is 19.6 Å². The van der Waals surface area contributed by atoms with Gasteiger partial charge in [-0.05, 0) is 24.3 Å². The third-order valence-electron chi connectivity index (χ3n) is 4.37. The van der Waals surface area contributed by atoms with Crippen LogP contribution in [0.3, 0.4) is 0 Å². The summed E-state index contributed by atoms with van der Waals surface area (Å²) in [6, 6.07) is 8.19. The highest BCUT2D eigenvalue weighted by Gasteiger charge is 2.35. The molecule has 0 radical (unpaired) electrons. The summed E-state index contributed by atoms with van der Waals surface area (Å²) in [5, 5.41) is 18.2. The number of carboxylic acids is 1. The van der Waals surface area contributed by atoms with Crippen molar-refractivity contribution >= 4 is 24.0 Å². The molecule has 166 valence electrons. The number of guanidine groups is 1. The van der Waals surface area contributed by atoms with E-state index in [-0.39, 0.29) is 18.9 Å². The highest BCUT2D eigenvalue weighted by atomic mass is 16.8. The smallest absolute Gasteiger partial charge is 0.451 e. The largest absolute Gasteiger partial charge is 0.480 e. The number of amides is 1. The average Bonchev–Trinajstić information content (AvgIpc) is 2.70. The van der Waals surface area contributed by atoms with Gasteiger partial charge in [-0.1, -0.05) is 62.6 Å². The number of likely N-dealkylation sites (N-methyl/N-ethyl adjacent to an activating group) is 1. The Morgan fingerprint density at radius 3 is 2.33 bits per heavy atom. The van der Waals surface area contributed by atoms with E-state index in [9.17, 15) is 19.5 Å². The van der Waals surface area contributed by atoms with E-state index in [1.807, 2.05) is 37.3 Å². The number of hydrogen-bond acceptors (Lipinski definition) is 6. The van der Waals surface area contributed by atoms with Crippen molar-refractivity contribution in [2.45, 2.75) is 52.5 Å². The number of rotatable bonds is 9. The molecule has 0 spiro atoms. The molecule has 0 saturated heterocycles. The van der Waals surface area contributed by atoms with Crippen molar-refractivity contribution in [2.75, 3.05) is 13.7 Å². The molecule has 0 fully saturated rings. The lowest BCUT2D eigenvalue weighted by molar-refractivity contribution is -0.170. The van der Waals surface area contributed by atoms with Crippen LogP contribution in [0.15, 0.2) is 30.3 Å². The molecule has 0 heterocycles. The second-order valence-electron chi connectivity index (χ2n) is 7.17. The number of carboxylic acid groups (broad SMARTS) is 1. The molecule has 1 aromatic carbocycles. The topological polar surface area (TPSA) is 120 Å². The first-order valence-electron chi connectivity index (χ1n) is 9.94. The molecule has 0 saturated carbocycles. The van der Waals surface area contributed by atoms with Crippen LogP contribution in [0.4, 0.5) is 4.79 Å². The minimum atomic E-state index is -1.16. The predicted molar refractivity (Wildman–Crippen MR) is 111 cm³/mol. The van der Waals surface area contributed by atoms with Crippen LogP contribution in [0.2, 0.25) is 0 Å². The van der Waals surface area contributed by atoms with Crippen molar-refractivity contribution in [3.8, 4) is 0 Å². The molecule has 9 heteroatoms. The summed E-state index contributed by atoms with van der Waals surface area (Å²) in [5.41, 5.74) is 0.921. The van der Waals surface area contributed by atoms with Gasteiger partial charge in [0.05, 0.1) is 13.0 Å². The molecule has 9 nitrogen and oxygen atoms in total. The fraction of sp³-hybridized carbons (Fsp3) is 0.524. The Labute approximate surface area is 177 Å². The molecule has 1 aromatic rings. The number of benzene rings is 1. The number of hydroxylamine groups is 2. The maximum Gasteiger partial charge on any atom is 0.451 e. The maximum atomic E-state index is 12.4. The molecular formula is C21H31N3O6. The molecule has 2 N–H and O–H groups in total. The van der Waals surface area contributed by atoms with Crippen LogP contribution >= 0.6 is 0 Å². The van der Waals surface area contributed by atoms with Crippen LogP contribution < -0.4 is 0 Å². The highest BCUT2D eigenvalue weighted by molar-refractivity contribution is 5.94. The lowest BCUT2D eigenvalue weighted by Crippen LogP contribution is -2.53. The number of nitrogens with zero attached hydrogens (tertiary/aromatic N) is 2. The fourth-order valence-corrected chi connectivity index (χ4v) is 2.74. The molecule has 0 aliphatic heterocycles. The van der Waals surface area contributed by atoms with Crippen LogP contribution in [0.25, 0.3) is 0 Å². The Morgan fingerprint density at radius 1 is 1.17 bits per heavy atom. The van der Waals surface area contributed by atoms with Gasteiger partial charge in [-0.3, -0.25) is 5.41 Å². The van der Waals surface area contributed by atoms with Crippen molar-refractivity contribution in [3.63, 3.8) is 0 Å². The zero-order valence-corrected chi connectivity index (χ0v) is 18.0. The van der Waals surface area contributed by atoms with E-state index in [2.05, 4.69) is 0 Å². The van der Waals surface area contributed by atoms with Gasteiger partial charge in [-0.25, -0.2) is 14.4 Å². The molecule has 0 aliphatic rings. The molecule has 1 rings (SSSR count). The van der Waals surface area contributed by atoms with E-state index < -0.39 is 30.0 Å². The SMILES string of the molecule is CCCCOC(=O)N(OC(=O)CCc1ccccc1)C(=N)N(C)C(C(=O)O)C(C)C. The van der Waals surface area contributed by atoms with E-state index in [4.69, 9.17) is 15.0 Å². The van der Waals surface area contributed by atoms with Crippen LogP contribution in [0.1, 0.15) is 45.6 Å². The van der Waals surface area contributed by atoms with Gasteiger partial charge in [0, 0.05) is 7.05 Å². The van der Waals surface area contributed by atoms with E-state index in [1.165, 1.54) is 7.05 Å². The van der Waals surface area contributed by atoms with E-state index >= 15 is 0 Å². The summed E-state index contributed by atoms with van der Waals surface area (Å²) >= 11 is 0. The molecule has 0 bridgehead atoms. The van der Waals surface area contributed by atoms with Gasteiger partial charge in [-0.15, -0.1) is 0 Å². The van der Waals surface area contributed by atoms with Crippen LogP contribution in [-0.2, 0) is 25.6 Å². The van der Waals surface area contributed by atoms with E-state index in [0.29, 0.717) is 17.9 Å². The summed E-state index contributed by atoms with van der Waals surface area (Å²) in [4.78, 5) is 42.5. The number of carbonyl (C=O) groups excluding carboxylic acids is 2. The number of aliphatic carboxylic acids is 1. The third kappa shape index (κ3) is 7.73. The third-order valence-corrected chi connectivity index (χ3v) is 4.37. The molecular weight excluding hydrogens is 390 g/mol. The Hall–Kier alpha value is -3.10. The van der Waals surface area contributed by atoms with Crippen molar-refractivity contribution in [1.82, 2.24) is 9.96 Å².